The van der Waals surface area contributed by atoms with Gasteiger partial charge in [-0.25, -0.2) is 4.79 Å². The molecule has 0 aromatic rings. The minimum Gasteiger partial charge on any atom is -0.367 e. The van der Waals surface area contributed by atoms with Gasteiger partial charge in [-0.1, -0.05) is 6.42 Å². The number of nitrogens with zero attached hydrogens (tertiary/aromatic N) is 1. The summed E-state index contributed by atoms with van der Waals surface area (Å²) < 4.78 is 0. The molecule has 1 atom stereocenters. The molecule has 14 heavy (non-hydrogen) atoms. The standard InChI is InChI=1S/C11H21NO2/c1-9-7-5-6-8-12(9)14-10(13)11(2,3)4/h9H,5-8H2,1-4H3. The first-order valence-electron chi connectivity index (χ1n) is 5.40. The molecule has 0 N–H and O–H groups in total. The van der Waals surface area contributed by atoms with Gasteiger partial charge in [0, 0.05) is 12.6 Å². The van der Waals surface area contributed by atoms with E-state index in [2.05, 4.69) is 6.92 Å². The van der Waals surface area contributed by atoms with Crippen molar-refractivity contribution in [3.63, 3.8) is 0 Å². The van der Waals surface area contributed by atoms with Crippen LogP contribution in [0.25, 0.3) is 0 Å². The molecule has 0 saturated carbocycles. The van der Waals surface area contributed by atoms with Gasteiger partial charge in [0.15, 0.2) is 0 Å². The summed E-state index contributed by atoms with van der Waals surface area (Å²) in [5.41, 5.74) is -0.406. The molecular formula is C11H21NO2. The van der Waals surface area contributed by atoms with Crippen LogP contribution in [0.2, 0.25) is 0 Å². The highest BCUT2D eigenvalue weighted by Gasteiger charge is 2.28. The van der Waals surface area contributed by atoms with Crippen LogP contribution >= 0.6 is 0 Å². The first kappa shape index (κ1) is 11.5. The van der Waals surface area contributed by atoms with E-state index in [1.165, 1.54) is 6.42 Å². The minimum atomic E-state index is -0.406. The smallest absolute Gasteiger partial charge is 0.330 e. The van der Waals surface area contributed by atoms with Crippen LogP contribution in [-0.2, 0) is 9.63 Å². The van der Waals surface area contributed by atoms with Gasteiger partial charge in [-0.15, -0.1) is 5.06 Å². The van der Waals surface area contributed by atoms with Crippen LogP contribution in [-0.4, -0.2) is 23.6 Å². The SMILES string of the molecule is CC1CCCCN1OC(=O)C(C)(C)C. The molecule has 1 fully saturated rings. The Hall–Kier alpha value is -0.570. The van der Waals surface area contributed by atoms with Crippen LogP contribution in [0.5, 0.6) is 0 Å². The van der Waals surface area contributed by atoms with E-state index in [4.69, 9.17) is 4.84 Å². The maximum absolute atomic E-state index is 11.6. The predicted molar refractivity (Wildman–Crippen MR) is 55.6 cm³/mol. The molecule has 0 bridgehead atoms. The van der Waals surface area contributed by atoms with Crippen LogP contribution in [0, 0.1) is 5.41 Å². The molecule has 82 valence electrons. The fourth-order valence-corrected chi connectivity index (χ4v) is 1.45. The first-order chi connectivity index (χ1) is 6.41. The fourth-order valence-electron chi connectivity index (χ4n) is 1.45. The number of piperidine rings is 1. The van der Waals surface area contributed by atoms with Gasteiger partial charge in [0.1, 0.15) is 0 Å². The molecule has 0 radical (unpaired) electrons. The zero-order chi connectivity index (χ0) is 10.8. The van der Waals surface area contributed by atoms with Crippen molar-refractivity contribution in [2.45, 2.75) is 53.0 Å². The quantitative estimate of drug-likeness (QED) is 0.649. The van der Waals surface area contributed by atoms with E-state index in [0.717, 1.165) is 19.4 Å². The Morgan fingerprint density at radius 2 is 2.00 bits per heavy atom. The molecule has 3 nitrogen and oxygen atoms in total. The van der Waals surface area contributed by atoms with Gasteiger partial charge in [-0.05, 0) is 40.5 Å². The lowest BCUT2D eigenvalue weighted by Gasteiger charge is -2.33. The summed E-state index contributed by atoms with van der Waals surface area (Å²) in [5.74, 6) is -0.133. The van der Waals surface area contributed by atoms with E-state index >= 15 is 0 Å². The third-order valence-electron chi connectivity index (χ3n) is 2.55. The van der Waals surface area contributed by atoms with Gasteiger partial charge in [0.2, 0.25) is 0 Å². The van der Waals surface area contributed by atoms with E-state index in [-0.39, 0.29) is 5.97 Å². The average molecular weight is 199 g/mol. The first-order valence-corrected chi connectivity index (χ1v) is 5.40. The summed E-state index contributed by atoms with van der Waals surface area (Å²) in [5, 5.41) is 1.83. The molecule has 1 heterocycles. The highest BCUT2D eigenvalue weighted by Crippen LogP contribution is 2.21. The molecule has 0 amide bonds. The van der Waals surface area contributed by atoms with Crippen molar-refractivity contribution >= 4 is 5.97 Å². The maximum atomic E-state index is 11.6. The fraction of sp³-hybridized carbons (Fsp3) is 0.909. The van der Waals surface area contributed by atoms with Crippen LogP contribution < -0.4 is 0 Å². The zero-order valence-corrected chi connectivity index (χ0v) is 9.67. The Morgan fingerprint density at radius 3 is 2.50 bits per heavy atom. The molecule has 1 unspecified atom stereocenters. The Kier molecular flexibility index (Phi) is 3.53. The maximum Gasteiger partial charge on any atom is 0.330 e. The summed E-state index contributed by atoms with van der Waals surface area (Å²) in [6.45, 7) is 8.62. The van der Waals surface area contributed by atoms with E-state index in [0.29, 0.717) is 6.04 Å². The zero-order valence-electron chi connectivity index (χ0n) is 9.67. The topological polar surface area (TPSA) is 29.5 Å². The third kappa shape index (κ3) is 2.98. The van der Waals surface area contributed by atoms with Crippen LogP contribution in [0.1, 0.15) is 47.0 Å². The van der Waals surface area contributed by atoms with Crippen molar-refractivity contribution in [2.24, 2.45) is 5.41 Å². The highest BCUT2D eigenvalue weighted by molar-refractivity contribution is 5.75. The van der Waals surface area contributed by atoms with Crippen molar-refractivity contribution in [2.75, 3.05) is 6.54 Å². The molecular weight excluding hydrogens is 178 g/mol. The highest BCUT2D eigenvalue weighted by atomic mass is 16.7. The molecule has 1 aliphatic heterocycles. The summed E-state index contributed by atoms with van der Waals surface area (Å²) in [7, 11) is 0. The lowest BCUT2D eigenvalue weighted by Crippen LogP contribution is -2.41. The Bertz CT molecular complexity index is 208. The number of rotatable bonds is 1. The normalized spacial score (nSPS) is 24.7. The van der Waals surface area contributed by atoms with Crippen molar-refractivity contribution in [1.29, 1.82) is 0 Å². The number of hydrogen-bond donors (Lipinski definition) is 0. The average Bonchev–Trinajstić information content (AvgIpc) is 2.07. The van der Waals surface area contributed by atoms with Gasteiger partial charge in [0.25, 0.3) is 0 Å². The number of hydroxylamine groups is 2. The Balaban J connectivity index is 2.46. The lowest BCUT2D eigenvalue weighted by molar-refractivity contribution is -0.215. The summed E-state index contributed by atoms with van der Waals surface area (Å²) in [6, 6.07) is 0.370. The summed E-state index contributed by atoms with van der Waals surface area (Å²) >= 11 is 0. The second-order valence-electron chi connectivity index (χ2n) is 5.11. The molecule has 3 heteroatoms. The van der Waals surface area contributed by atoms with Gasteiger partial charge in [-0.2, -0.15) is 0 Å². The number of carbonyl (C=O) groups excluding carboxylic acids is 1. The molecule has 1 saturated heterocycles. The Morgan fingerprint density at radius 1 is 1.36 bits per heavy atom. The largest absolute Gasteiger partial charge is 0.367 e. The van der Waals surface area contributed by atoms with E-state index in [9.17, 15) is 4.79 Å². The van der Waals surface area contributed by atoms with Crippen LogP contribution in [0.3, 0.4) is 0 Å². The second-order valence-corrected chi connectivity index (χ2v) is 5.11. The summed E-state index contributed by atoms with van der Waals surface area (Å²) in [4.78, 5) is 17.0. The van der Waals surface area contributed by atoms with Crippen LogP contribution in [0.4, 0.5) is 0 Å². The van der Waals surface area contributed by atoms with E-state index < -0.39 is 5.41 Å². The van der Waals surface area contributed by atoms with Gasteiger partial charge >= 0.3 is 5.97 Å². The Labute approximate surface area is 86.4 Å². The van der Waals surface area contributed by atoms with E-state index in [1.54, 1.807) is 0 Å². The predicted octanol–water partition coefficient (Wildman–Crippen LogP) is 2.37. The van der Waals surface area contributed by atoms with Gasteiger partial charge in [-0.3, -0.25) is 0 Å². The van der Waals surface area contributed by atoms with Crippen molar-refractivity contribution in [1.82, 2.24) is 5.06 Å². The molecule has 0 aromatic heterocycles. The number of carbonyl (C=O) groups is 1. The van der Waals surface area contributed by atoms with Crippen molar-refractivity contribution < 1.29 is 9.63 Å². The number of hydrogen-bond acceptors (Lipinski definition) is 3. The minimum absolute atomic E-state index is 0.133. The molecule has 1 rings (SSSR count). The molecule has 0 aromatic carbocycles. The molecule has 0 spiro atoms. The third-order valence-corrected chi connectivity index (χ3v) is 2.55. The van der Waals surface area contributed by atoms with Crippen molar-refractivity contribution in [3.05, 3.63) is 0 Å². The molecule has 0 aliphatic carbocycles. The molecule has 1 aliphatic rings. The van der Waals surface area contributed by atoms with Crippen LogP contribution in [0.15, 0.2) is 0 Å². The lowest BCUT2D eigenvalue weighted by atomic mass is 9.97. The van der Waals surface area contributed by atoms with Gasteiger partial charge in [0.05, 0.1) is 5.41 Å². The summed E-state index contributed by atoms with van der Waals surface area (Å²) in [6.07, 6.45) is 3.49. The van der Waals surface area contributed by atoms with Gasteiger partial charge < -0.3 is 4.84 Å². The van der Waals surface area contributed by atoms with E-state index in [1.807, 2.05) is 25.8 Å². The monoisotopic (exact) mass is 199 g/mol. The van der Waals surface area contributed by atoms with Crippen molar-refractivity contribution in [3.8, 4) is 0 Å². The second kappa shape index (κ2) is 4.30.